The van der Waals surface area contributed by atoms with Gasteiger partial charge in [-0.2, -0.15) is 0 Å². The second-order valence-corrected chi connectivity index (χ2v) is 7.64. The molecule has 1 aliphatic carbocycles. The Morgan fingerprint density at radius 3 is 2.93 bits per heavy atom. The maximum absolute atomic E-state index is 13.4. The minimum absolute atomic E-state index is 0.0829. The predicted molar refractivity (Wildman–Crippen MR) is 103 cm³/mol. The number of pyridine rings is 1. The first-order valence-electron chi connectivity index (χ1n) is 9.76. The van der Waals surface area contributed by atoms with Gasteiger partial charge in [-0.25, -0.2) is 4.39 Å². The van der Waals surface area contributed by atoms with E-state index in [2.05, 4.69) is 10.1 Å². The third kappa shape index (κ3) is 3.48. The molecule has 3 aromatic rings. The van der Waals surface area contributed by atoms with E-state index in [0.717, 1.165) is 18.6 Å². The first-order valence-corrected chi connectivity index (χ1v) is 9.76. The van der Waals surface area contributed by atoms with Gasteiger partial charge in [0.05, 0.1) is 6.20 Å². The van der Waals surface area contributed by atoms with Crippen LogP contribution in [-0.4, -0.2) is 40.1 Å². The number of carbonyl (C=O) groups is 1. The third-order valence-electron chi connectivity index (χ3n) is 5.84. The van der Waals surface area contributed by atoms with Crippen molar-refractivity contribution in [1.82, 2.24) is 15.0 Å². The normalized spacial score (nSPS) is 23.2. The zero-order valence-electron chi connectivity index (χ0n) is 15.7. The molecule has 0 unspecified atom stereocenters. The minimum Gasteiger partial charge on any atom is -0.488 e. The third-order valence-corrected chi connectivity index (χ3v) is 5.84. The summed E-state index contributed by atoms with van der Waals surface area (Å²) in [5.74, 6) is 1.11. The number of aromatic nitrogens is 2. The van der Waals surface area contributed by atoms with Gasteiger partial charge < -0.3 is 14.2 Å². The molecule has 2 aliphatic rings. The highest BCUT2D eigenvalue weighted by Crippen LogP contribution is 2.40. The van der Waals surface area contributed by atoms with Crippen molar-refractivity contribution < 1.29 is 18.4 Å². The Morgan fingerprint density at radius 2 is 2.10 bits per heavy atom. The van der Waals surface area contributed by atoms with Crippen LogP contribution < -0.4 is 4.74 Å². The molecule has 6 nitrogen and oxygen atoms in total. The van der Waals surface area contributed by atoms with Gasteiger partial charge in [-0.1, -0.05) is 17.3 Å². The molecule has 3 atom stereocenters. The molecular weight excluding hydrogens is 373 g/mol. The summed E-state index contributed by atoms with van der Waals surface area (Å²) < 4.78 is 24.8. The predicted octanol–water partition coefficient (Wildman–Crippen LogP) is 3.81. The summed E-state index contributed by atoms with van der Waals surface area (Å²) in [6.07, 6.45) is 5.53. The topological polar surface area (TPSA) is 68.5 Å². The van der Waals surface area contributed by atoms with Gasteiger partial charge >= 0.3 is 0 Å². The van der Waals surface area contributed by atoms with E-state index in [-0.39, 0.29) is 23.6 Å². The lowest BCUT2D eigenvalue weighted by molar-refractivity contribution is 0.0721. The number of likely N-dealkylation sites (tertiary alicyclic amines) is 1. The summed E-state index contributed by atoms with van der Waals surface area (Å²) in [7, 11) is 0. The highest BCUT2D eigenvalue weighted by atomic mass is 19.1. The lowest BCUT2D eigenvalue weighted by atomic mass is 9.99. The minimum atomic E-state index is -0.356. The average molecular weight is 393 g/mol. The highest BCUT2D eigenvalue weighted by molar-refractivity contribution is 5.92. The van der Waals surface area contributed by atoms with E-state index in [4.69, 9.17) is 9.26 Å². The van der Waals surface area contributed by atoms with E-state index in [1.165, 1.54) is 12.1 Å². The van der Waals surface area contributed by atoms with Crippen LogP contribution in [0, 0.1) is 17.7 Å². The Labute approximate surface area is 167 Å². The largest absolute Gasteiger partial charge is 0.488 e. The van der Waals surface area contributed by atoms with Crippen molar-refractivity contribution >= 4 is 5.91 Å². The van der Waals surface area contributed by atoms with Crippen LogP contribution in [-0.2, 0) is 0 Å². The van der Waals surface area contributed by atoms with E-state index in [1.54, 1.807) is 30.6 Å². The summed E-state index contributed by atoms with van der Waals surface area (Å²) in [5.41, 5.74) is 1.03. The number of hydrogen-bond acceptors (Lipinski definition) is 5. The molecule has 148 valence electrons. The van der Waals surface area contributed by atoms with Crippen molar-refractivity contribution in [2.24, 2.45) is 11.8 Å². The first kappa shape index (κ1) is 17.8. The molecule has 0 radical (unpaired) electrons. The maximum Gasteiger partial charge on any atom is 0.292 e. The molecule has 2 fully saturated rings. The molecular formula is C22H20FN3O3. The van der Waals surface area contributed by atoms with Crippen LogP contribution in [0.4, 0.5) is 4.39 Å². The number of fused-ring (bicyclic) bond motifs is 1. The number of hydrogen-bond donors (Lipinski definition) is 0. The van der Waals surface area contributed by atoms with Gasteiger partial charge in [0.25, 0.3) is 5.91 Å². The number of nitrogens with zero attached hydrogens (tertiary/aromatic N) is 3. The molecule has 1 aliphatic heterocycles. The van der Waals surface area contributed by atoms with Gasteiger partial charge in [-0.15, -0.1) is 0 Å². The van der Waals surface area contributed by atoms with E-state index in [1.807, 2.05) is 17.0 Å². The summed E-state index contributed by atoms with van der Waals surface area (Å²) >= 11 is 0. The number of benzene rings is 1. The van der Waals surface area contributed by atoms with Gasteiger partial charge in [-0.3, -0.25) is 9.78 Å². The summed E-state index contributed by atoms with van der Waals surface area (Å²) in [5, 5.41) is 3.94. The smallest absolute Gasteiger partial charge is 0.292 e. The lowest BCUT2D eigenvalue weighted by Crippen LogP contribution is -2.32. The van der Waals surface area contributed by atoms with Crippen molar-refractivity contribution in [3.05, 3.63) is 66.4 Å². The van der Waals surface area contributed by atoms with Gasteiger partial charge in [-0.05, 0) is 43.0 Å². The standard InChI is InChI=1S/C22H20FN3O3/c23-16-4-1-3-14(9-16)19-10-21(29-25-19)22(27)26-12-15-6-7-20(18(15)13-26)28-17-5-2-8-24-11-17/h1-5,8-11,15,18,20H,6-7,12-13H2/t15-,18+,20+/m1/s1. The SMILES string of the molecule is O=C(c1cc(-c2cccc(F)c2)no1)N1C[C@H]2CC[C@H](Oc3cccnc3)[C@H]2C1. The fourth-order valence-corrected chi connectivity index (χ4v) is 4.43. The van der Waals surface area contributed by atoms with Crippen LogP contribution in [0.2, 0.25) is 0 Å². The molecule has 0 bridgehead atoms. The Morgan fingerprint density at radius 1 is 1.17 bits per heavy atom. The van der Waals surface area contributed by atoms with Gasteiger partial charge in [0.2, 0.25) is 5.76 Å². The fraction of sp³-hybridized carbons (Fsp3) is 0.318. The molecule has 1 aromatic carbocycles. The van der Waals surface area contributed by atoms with E-state index in [0.29, 0.717) is 36.2 Å². The van der Waals surface area contributed by atoms with Gasteiger partial charge in [0.1, 0.15) is 23.4 Å². The molecule has 7 heteroatoms. The van der Waals surface area contributed by atoms with Gasteiger partial charge in [0, 0.05) is 36.8 Å². The number of amides is 1. The summed E-state index contributed by atoms with van der Waals surface area (Å²) in [4.78, 5) is 18.8. The van der Waals surface area contributed by atoms with Crippen LogP contribution in [0.25, 0.3) is 11.3 Å². The molecule has 29 heavy (non-hydrogen) atoms. The number of carbonyl (C=O) groups excluding carboxylic acids is 1. The number of ether oxygens (including phenoxy) is 1. The van der Waals surface area contributed by atoms with Crippen LogP contribution in [0.1, 0.15) is 23.4 Å². The fourth-order valence-electron chi connectivity index (χ4n) is 4.43. The Bertz CT molecular complexity index is 1020. The molecule has 2 aromatic heterocycles. The quantitative estimate of drug-likeness (QED) is 0.674. The second kappa shape index (κ2) is 7.31. The van der Waals surface area contributed by atoms with Crippen LogP contribution in [0.3, 0.4) is 0 Å². The summed E-state index contributed by atoms with van der Waals surface area (Å²) in [6, 6.07) is 11.4. The second-order valence-electron chi connectivity index (χ2n) is 7.64. The Balaban J connectivity index is 1.27. The van der Waals surface area contributed by atoms with Crippen LogP contribution in [0.15, 0.2) is 59.4 Å². The van der Waals surface area contributed by atoms with E-state index >= 15 is 0 Å². The van der Waals surface area contributed by atoms with Gasteiger partial charge in [0.15, 0.2) is 0 Å². The molecule has 1 saturated heterocycles. The molecule has 5 rings (SSSR count). The lowest BCUT2D eigenvalue weighted by Gasteiger charge is -2.21. The Hall–Kier alpha value is -3.22. The molecule has 1 saturated carbocycles. The maximum atomic E-state index is 13.4. The van der Waals surface area contributed by atoms with Crippen molar-refractivity contribution in [2.45, 2.75) is 18.9 Å². The summed E-state index contributed by atoms with van der Waals surface area (Å²) in [6.45, 7) is 1.32. The van der Waals surface area contributed by atoms with Crippen molar-refractivity contribution in [3.63, 3.8) is 0 Å². The number of rotatable bonds is 4. The van der Waals surface area contributed by atoms with Crippen molar-refractivity contribution in [3.8, 4) is 17.0 Å². The zero-order chi connectivity index (χ0) is 19.8. The van der Waals surface area contributed by atoms with E-state index < -0.39 is 0 Å². The first-order chi connectivity index (χ1) is 14.2. The Kier molecular flexibility index (Phi) is 4.50. The average Bonchev–Trinajstić information content (AvgIpc) is 3.46. The van der Waals surface area contributed by atoms with Crippen LogP contribution in [0.5, 0.6) is 5.75 Å². The van der Waals surface area contributed by atoms with Crippen molar-refractivity contribution in [2.75, 3.05) is 13.1 Å². The zero-order valence-corrected chi connectivity index (χ0v) is 15.7. The molecule has 0 N–H and O–H groups in total. The number of halogens is 1. The molecule has 0 spiro atoms. The molecule has 3 heterocycles. The highest BCUT2D eigenvalue weighted by Gasteiger charge is 2.45. The van der Waals surface area contributed by atoms with Crippen LogP contribution >= 0.6 is 0 Å². The monoisotopic (exact) mass is 393 g/mol. The molecule has 1 amide bonds. The van der Waals surface area contributed by atoms with Crippen molar-refractivity contribution in [1.29, 1.82) is 0 Å². The van der Waals surface area contributed by atoms with E-state index in [9.17, 15) is 9.18 Å².